The molecule has 0 aliphatic carbocycles. The largest absolute Gasteiger partial charge is 0.360 e. The van der Waals surface area contributed by atoms with Crippen molar-refractivity contribution in [3.63, 3.8) is 0 Å². The molecule has 1 atom stereocenters. The van der Waals surface area contributed by atoms with Crippen molar-refractivity contribution in [3.05, 3.63) is 28.6 Å². The molecular weight excluding hydrogens is 308 g/mol. The van der Waals surface area contributed by atoms with Crippen molar-refractivity contribution in [2.75, 3.05) is 5.32 Å². The van der Waals surface area contributed by atoms with Crippen molar-refractivity contribution in [2.24, 2.45) is 7.05 Å². The molecule has 102 valence electrons. The van der Waals surface area contributed by atoms with E-state index < -0.39 is 0 Å². The molecule has 2 heterocycles. The first-order valence-corrected chi connectivity index (χ1v) is 7.03. The van der Waals surface area contributed by atoms with E-state index in [1.165, 1.54) is 0 Å². The van der Waals surface area contributed by atoms with Crippen molar-refractivity contribution in [2.45, 2.75) is 32.7 Å². The Labute approximate surface area is 120 Å². The quantitative estimate of drug-likeness (QED) is 0.856. The first kappa shape index (κ1) is 13.9. The Bertz CT molecular complexity index is 553. The lowest BCUT2D eigenvalue weighted by Crippen LogP contribution is -2.13. The molecule has 0 bridgehead atoms. The summed E-state index contributed by atoms with van der Waals surface area (Å²) in [5.41, 5.74) is 0. The van der Waals surface area contributed by atoms with Crippen LogP contribution in [0.3, 0.4) is 0 Å². The summed E-state index contributed by atoms with van der Waals surface area (Å²) < 4.78 is 2.68. The zero-order valence-electron chi connectivity index (χ0n) is 11.3. The summed E-state index contributed by atoms with van der Waals surface area (Å²) in [5, 5.41) is 11.3. The SMILES string of the molecule is CCCc1nc(Br)cc(NC(C)c2nncn2C)n1. The van der Waals surface area contributed by atoms with Crippen LogP contribution < -0.4 is 5.32 Å². The van der Waals surface area contributed by atoms with Gasteiger partial charge < -0.3 is 9.88 Å². The zero-order chi connectivity index (χ0) is 13.8. The maximum absolute atomic E-state index is 4.49. The van der Waals surface area contributed by atoms with Crippen LogP contribution in [0, 0.1) is 0 Å². The Morgan fingerprint density at radius 3 is 2.84 bits per heavy atom. The minimum atomic E-state index is 0.0313. The highest BCUT2D eigenvalue weighted by molar-refractivity contribution is 9.10. The number of halogens is 1. The topological polar surface area (TPSA) is 68.5 Å². The van der Waals surface area contributed by atoms with Gasteiger partial charge in [0.2, 0.25) is 0 Å². The molecular formula is C12H17BrN6. The molecule has 0 amide bonds. The van der Waals surface area contributed by atoms with E-state index in [1.54, 1.807) is 6.33 Å². The van der Waals surface area contributed by atoms with Crippen LogP contribution in [0.5, 0.6) is 0 Å². The fourth-order valence-electron chi connectivity index (χ4n) is 1.84. The van der Waals surface area contributed by atoms with E-state index in [1.807, 2.05) is 24.6 Å². The first-order valence-electron chi connectivity index (χ1n) is 6.24. The Morgan fingerprint density at radius 2 is 2.21 bits per heavy atom. The number of hydrogen-bond donors (Lipinski definition) is 1. The van der Waals surface area contributed by atoms with Crippen LogP contribution >= 0.6 is 15.9 Å². The number of hydrogen-bond acceptors (Lipinski definition) is 5. The lowest BCUT2D eigenvalue weighted by molar-refractivity contribution is 0.713. The highest BCUT2D eigenvalue weighted by atomic mass is 79.9. The summed E-state index contributed by atoms with van der Waals surface area (Å²) in [6.07, 6.45) is 3.58. The Kier molecular flexibility index (Phi) is 4.47. The van der Waals surface area contributed by atoms with Crippen LogP contribution in [-0.2, 0) is 13.5 Å². The predicted molar refractivity (Wildman–Crippen MR) is 76.8 cm³/mol. The molecule has 1 unspecified atom stereocenters. The monoisotopic (exact) mass is 324 g/mol. The third-order valence-electron chi connectivity index (χ3n) is 2.71. The van der Waals surface area contributed by atoms with Crippen LogP contribution in [0.1, 0.15) is 38.0 Å². The van der Waals surface area contributed by atoms with Gasteiger partial charge in [0.15, 0.2) is 5.82 Å². The maximum atomic E-state index is 4.49. The highest BCUT2D eigenvalue weighted by Crippen LogP contribution is 2.18. The standard InChI is InChI=1S/C12H17BrN6/c1-4-5-10-16-9(13)6-11(17-10)15-8(2)12-18-14-7-19(12)3/h6-8H,4-5H2,1-3H3,(H,15,16,17). The zero-order valence-corrected chi connectivity index (χ0v) is 12.8. The second-order valence-corrected chi connectivity index (χ2v) is 5.22. The molecule has 1 N–H and O–H groups in total. The second-order valence-electron chi connectivity index (χ2n) is 4.41. The summed E-state index contributed by atoms with van der Waals surface area (Å²) in [6.45, 7) is 4.14. The van der Waals surface area contributed by atoms with Gasteiger partial charge in [-0.05, 0) is 29.3 Å². The van der Waals surface area contributed by atoms with Crippen LogP contribution in [0.25, 0.3) is 0 Å². The third kappa shape index (κ3) is 3.50. The summed E-state index contributed by atoms with van der Waals surface area (Å²) in [4.78, 5) is 8.84. The molecule has 0 spiro atoms. The van der Waals surface area contributed by atoms with Gasteiger partial charge in [0.25, 0.3) is 0 Å². The average molecular weight is 325 g/mol. The van der Waals surface area contributed by atoms with Gasteiger partial charge in [0, 0.05) is 19.5 Å². The Balaban J connectivity index is 2.16. The second kappa shape index (κ2) is 6.10. The number of aromatic nitrogens is 5. The number of rotatable bonds is 5. The smallest absolute Gasteiger partial charge is 0.154 e. The highest BCUT2D eigenvalue weighted by Gasteiger charge is 2.12. The molecule has 0 saturated heterocycles. The van der Waals surface area contributed by atoms with Gasteiger partial charge in [-0.1, -0.05) is 6.92 Å². The molecule has 6 nitrogen and oxygen atoms in total. The Morgan fingerprint density at radius 1 is 1.42 bits per heavy atom. The van der Waals surface area contributed by atoms with Gasteiger partial charge in [0.1, 0.15) is 22.6 Å². The van der Waals surface area contributed by atoms with Crippen LogP contribution in [0.4, 0.5) is 5.82 Å². The van der Waals surface area contributed by atoms with E-state index in [9.17, 15) is 0 Å². The predicted octanol–water partition coefficient (Wildman–Crippen LogP) is 2.49. The Hall–Kier alpha value is -1.50. The van der Waals surface area contributed by atoms with Gasteiger partial charge in [-0.25, -0.2) is 9.97 Å². The molecule has 0 aromatic carbocycles. The lowest BCUT2D eigenvalue weighted by Gasteiger charge is -2.14. The lowest BCUT2D eigenvalue weighted by atomic mass is 10.3. The fraction of sp³-hybridized carbons (Fsp3) is 0.500. The first-order chi connectivity index (χ1) is 9.10. The van der Waals surface area contributed by atoms with Gasteiger partial charge in [0.05, 0.1) is 6.04 Å². The number of aryl methyl sites for hydroxylation is 2. The number of nitrogens with one attached hydrogen (secondary N) is 1. The van der Waals surface area contributed by atoms with E-state index in [4.69, 9.17) is 0 Å². The minimum Gasteiger partial charge on any atom is -0.360 e. The summed E-state index contributed by atoms with van der Waals surface area (Å²) in [7, 11) is 1.92. The van der Waals surface area contributed by atoms with E-state index in [0.717, 1.165) is 34.9 Å². The van der Waals surface area contributed by atoms with E-state index in [2.05, 4.69) is 48.3 Å². The number of nitrogens with zero attached hydrogens (tertiary/aromatic N) is 5. The summed E-state index contributed by atoms with van der Waals surface area (Å²) in [5.74, 6) is 2.50. The van der Waals surface area contributed by atoms with Gasteiger partial charge in [-0.15, -0.1) is 10.2 Å². The van der Waals surface area contributed by atoms with Crippen molar-refractivity contribution < 1.29 is 0 Å². The molecule has 2 rings (SSSR count). The summed E-state index contributed by atoms with van der Waals surface area (Å²) in [6, 6.07) is 1.90. The van der Waals surface area contributed by atoms with Crippen molar-refractivity contribution in [1.29, 1.82) is 0 Å². The minimum absolute atomic E-state index is 0.0313. The maximum Gasteiger partial charge on any atom is 0.154 e. The van der Waals surface area contributed by atoms with Crippen molar-refractivity contribution in [3.8, 4) is 0 Å². The van der Waals surface area contributed by atoms with Gasteiger partial charge >= 0.3 is 0 Å². The average Bonchev–Trinajstić information content (AvgIpc) is 2.75. The molecule has 19 heavy (non-hydrogen) atoms. The molecule has 0 fully saturated rings. The van der Waals surface area contributed by atoms with Gasteiger partial charge in [-0.3, -0.25) is 0 Å². The molecule has 0 aliphatic rings. The van der Waals surface area contributed by atoms with Gasteiger partial charge in [-0.2, -0.15) is 0 Å². The van der Waals surface area contributed by atoms with Crippen molar-refractivity contribution in [1.82, 2.24) is 24.7 Å². The van der Waals surface area contributed by atoms with Crippen LogP contribution in [0.15, 0.2) is 17.0 Å². The molecule has 0 saturated carbocycles. The van der Waals surface area contributed by atoms with Crippen LogP contribution in [0.2, 0.25) is 0 Å². The van der Waals surface area contributed by atoms with Crippen molar-refractivity contribution >= 4 is 21.7 Å². The molecule has 0 radical (unpaired) electrons. The third-order valence-corrected chi connectivity index (χ3v) is 3.12. The summed E-state index contributed by atoms with van der Waals surface area (Å²) >= 11 is 3.41. The molecule has 7 heteroatoms. The van der Waals surface area contributed by atoms with Crippen LogP contribution in [-0.4, -0.2) is 24.7 Å². The van der Waals surface area contributed by atoms with E-state index >= 15 is 0 Å². The van der Waals surface area contributed by atoms with E-state index in [-0.39, 0.29) is 6.04 Å². The molecule has 2 aromatic heterocycles. The molecule has 2 aromatic rings. The molecule has 0 aliphatic heterocycles. The van der Waals surface area contributed by atoms with E-state index in [0.29, 0.717) is 0 Å². The fourth-order valence-corrected chi connectivity index (χ4v) is 2.27. The number of anilines is 1. The normalized spacial score (nSPS) is 12.4.